The van der Waals surface area contributed by atoms with Gasteiger partial charge in [0.05, 0.1) is 6.54 Å². The number of rotatable bonds is 14. The molecule has 4 N–H and O–H groups in total. The van der Waals surface area contributed by atoms with E-state index in [1.54, 1.807) is 6.92 Å². The van der Waals surface area contributed by atoms with Gasteiger partial charge in [-0.05, 0) is 50.5 Å². The third kappa shape index (κ3) is 12.7. The summed E-state index contributed by atoms with van der Waals surface area (Å²) in [4.78, 5) is 28.3. The Kier molecular flexibility index (Phi) is 11.3. The third-order valence-corrected chi connectivity index (χ3v) is 5.58. The highest BCUT2D eigenvalue weighted by molar-refractivity contribution is 5.99. The lowest BCUT2D eigenvalue weighted by atomic mass is 9.90. The van der Waals surface area contributed by atoms with E-state index in [0.717, 1.165) is 25.0 Å². The predicted molar refractivity (Wildman–Crippen MR) is 130 cm³/mol. The Balaban J connectivity index is 2.58. The molecule has 3 atom stereocenters. The molecule has 0 radical (unpaired) electrons. The SMILES string of the molecule is C=C(F)/C=C(\C/C(C)=N\CC(C)NCC(CC1CC1)C(C)NC(=O)CC(C)(C)C)C(N)=O. The summed E-state index contributed by atoms with van der Waals surface area (Å²) in [6.45, 7) is 16.6. The highest BCUT2D eigenvalue weighted by atomic mass is 19.1. The average molecular weight is 451 g/mol. The van der Waals surface area contributed by atoms with Crippen LogP contribution in [0.5, 0.6) is 0 Å². The largest absolute Gasteiger partial charge is 0.366 e. The summed E-state index contributed by atoms with van der Waals surface area (Å²) in [5.41, 5.74) is 6.14. The number of primary amides is 1. The second-order valence-electron chi connectivity index (χ2n) is 10.6. The number of hydrogen-bond acceptors (Lipinski definition) is 4. The van der Waals surface area contributed by atoms with Gasteiger partial charge in [-0.3, -0.25) is 14.6 Å². The first-order valence-electron chi connectivity index (χ1n) is 11.6. The molecule has 32 heavy (non-hydrogen) atoms. The van der Waals surface area contributed by atoms with Crippen LogP contribution in [0.1, 0.15) is 73.6 Å². The molecule has 0 aliphatic heterocycles. The van der Waals surface area contributed by atoms with Crippen LogP contribution in [0.4, 0.5) is 4.39 Å². The summed E-state index contributed by atoms with van der Waals surface area (Å²) >= 11 is 0. The van der Waals surface area contributed by atoms with Gasteiger partial charge < -0.3 is 16.4 Å². The molecular weight excluding hydrogens is 407 g/mol. The average Bonchev–Trinajstić information content (AvgIpc) is 3.44. The number of nitrogens with one attached hydrogen (secondary N) is 2. The van der Waals surface area contributed by atoms with Gasteiger partial charge in [-0.1, -0.05) is 40.2 Å². The zero-order valence-electron chi connectivity index (χ0n) is 20.8. The Morgan fingerprint density at radius 3 is 2.41 bits per heavy atom. The number of nitrogens with zero attached hydrogens (tertiary/aromatic N) is 1. The maximum atomic E-state index is 13.0. The standard InChI is InChI=1S/C25H43FN4O2/c1-16(26)10-21(24(27)32)11-17(2)28-14-18(3)29-15-22(12-20-8-9-20)19(4)30-23(31)13-25(5,6)7/h10,18-20,22,29H,1,8-9,11-15H2,2-7H3,(H2,27,32)(H,30,31)/b21-10+,28-17-. The van der Waals surface area contributed by atoms with Crippen molar-refractivity contribution in [3.63, 3.8) is 0 Å². The summed E-state index contributed by atoms with van der Waals surface area (Å²) < 4.78 is 13.0. The Morgan fingerprint density at radius 2 is 1.91 bits per heavy atom. The predicted octanol–water partition coefficient (Wildman–Crippen LogP) is 4.07. The van der Waals surface area contributed by atoms with Crippen LogP contribution in [0.15, 0.2) is 29.0 Å². The molecule has 2 amide bonds. The quantitative estimate of drug-likeness (QED) is 0.211. The van der Waals surface area contributed by atoms with E-state index in [4.69, 9.17) is 5.73 Å². The molecule has 0 spiro atoms. The number of allylic oxidation sites excluding steroid dienone is 2. The summed E-state index contributed by atoms with van der Waals surface area (Å²) in [5.74, 6) is -0.141. The van der Waals surface area contributed by atoms with Crippen LogP contribution < -0.4 is 16.4 Å². The van der Waals surface area contributed by atoms with Gasteiger partial charge in [0.15, 0.2) is 0 Å². The van der Waals surface area contributed by atoms with Gasteiger partial charge in [0.1, 0.15) is 5.83 Å². The van der Waals surface area contributed by atoms with Crippen molar-refractivity contribution in [3.8, 4) is 0 Å². The molecule has 0 aromatic carbocycles. The molecule has 6 nitrogen and oxygen atoms in total. The molecule has 1 rings (SSSR count). The topological polar surface area (TPSA) is 96.6 Å². The van der Waals surface area contributed by atoms with Crippen LogP contribution in [-0.4, -0.2) is 42.7 Å². The Hall–Kier alpha value is -2.02. The Bertz CT molecular complexity index is 720. The van der Waals surface area contributed by atoms with E-state index in [9.17, 15) is 14.0 Å². The van der Waals surface area contributed by atoms with E-state index in [2.05, 4.69) is 56.8 Å². The smallest absolute Gasteiger partial charge is 0.245 e. The molecule has 1 saturated carbocycles. The van der Waals surface area contributed by atoms with E-state index in [1.165, 1.54) is 12.8 Å². The van der Waals surface area contributed by atoms with Gasteiger partial charge in [-0.15, -0.1) is 0 Å². The first kappa shape index (κ1) is 28.0. The summed E-state index contributed by atoms with van der Waals surface area (Å²) in [7, 11) is 0. The maximum absolute atomic E-state index is 13.0. The van der Waals surface area contributed by atoms with Crippen molar-refractivity contribution in [2.75, 3.05) is 13.1 Å². The van der Waals surface area contributed by atoms with Gasteiger partial charge in [0.25, 0.3) is 0 Å². The molecule has 1 fully saturated rings. The second kappa shape index (κ2) is 12.9. The maximum Gasteiger partial charge on any atom is 0.245 e. The van der Waals surface area contributed by atoms with E-state index < -0.39 is 11.7 Å². The Labute approximate surface area is 193 Å². The van der Waals surface area contributed by atoms with Crippen LogP contribution in [0.2, 0.25) is 0 Å². The molecule has 0 aromatic rings. The lowest BCUT2D eigenvalue weighted by Crippen LogP contribution is -2.45. The summed E-state index contributed by atoms with van der Waals surface area (Å²) in [6.07, 6.45) is 5.44. The van der Waals surface area contributed by atoms with Crippen LogP contribution >= 0.6 is 0 Å². The first-order valence-corrected chi connectivity index (χ1v) is 11.6. The van der Waals surface area contributed by atoms with E-state index in [0.29, 0.717) is 24.6 Å². The molecule has 0 saturated heterocycles. The molecule has 7 heteroatoms. The van der Waals surface area contributed by atoms with Gasteiger partial charge in [-0.25, -0.2) is 4.39 Å². The van der Waals surface area contributed by atoms with Crippen LogP contribution in [0.25, 0.3) is 0 Å². The van der Waals surface area contributed by atoms with E-state index >= 15 is 0 Å². The van der Waals surface area contributed by atoms with Crippen LogP contribution in [0, 0.1) is 17.3 Å². The number of carbonyl (C=O) groups is 2. The van der Waals surface area contributed by atoms with E-state index in [1.807, 2.05) is 0 Å². The number of carbonyl (C=O) groups excluding carboxylic acids is 2. The van der Waals surface area contributed by atoms with Gasteiger partial charge >= 0.3 is 0 Å². The number of nitrogens with two attached hydrogens (primary N) is 1. The van der Waals surface area contributed by atoms with Crippen LogP contribution in [-0.2, 0) is 9.59 Å². The van der Waals surface area contributed by atoms with Crippen molar-refractivity contribution in [3.05, 3.63) is 24.1 Å². The second-order valence-corrected chi connectivity index (χ2v) is 10.6. The van der Waals surface area contributed by atoms with Gasteiger partial charge in [0, 0.05) is 42.8 Å². The minimum Gasteiger partial charge on any atom is -0.366 e. The third-order valence-electron chi connectivity index (χ3n) is 5.58. The molecule has 3 unspecified atom stereocenters. The highest BCUT2D eigenvalue weighted by Gasteiger charge is 2.29. The zero-order chi connectivity index (χ0) is 24.5. The van der Waals surface area contributed by atoms with Crippen LogP contribution in [0.3, 0.4) is 0 Å². The lowest BCUT2D eigenvalue weighted by molar-refractivity contribution is -0.123. The van der Waals surface area contributed by atoms with Crippen molar-refractivity contribution in [1.82, 2.24) is 10.6 Å². The number of halogens is 1. The van der Waals surface area contributed by atoms with Crippen molar-refractivity contribution in [2.45, 2.75) is 85.7 Å². The minimum atomic E-state index is -0.702. The summed E-state index contributed by atoms with van der Waals surface area (Å²) in [6, 6.07) is 0.230. The molecule has 0 heterocycles. The lowest BCUT2D eigenvalue weighted by Gasteiger charge is -2.28. The normalized spacial score (nSPS) is 18.1. The van der Waals surface area contributed by atoms with Gasteiger partial charge in [0.2, 0.25) is 11.8 Å². The zero-order valence-corrected chi connectivity index (χ0v) is 20.8. The fourth-order valence-electron chi connectivity index (χ4n) is 3.59. The minimum absolute atomic E-state index is 0.0283. The van der Waals surface area contributed by atoms with Crippen molar-refractivity contribution in [1.29, 1.82) is 0 Å². The fraction of sp³-hybridized carbons (Fsp3) is 0.720. The van der Waals surface area contributed by atoms with Crippen molar-refractivity contribution >= 4 is 17.5 Å². The molecule has 1 aliphatic rings. The van der Waals surface area contributed by atoms with Crippen molar-refractivity contribution < 1.29 is 14.0 Å². The fourth-order valence-corrected chi connectivity index (χ4v) is 3.59. The first-order chi connectivity index (χ1) is 14.8. The van der Waals surface area contributed by atoms with Crippen molar-refractivity contribution in [2.24, 2.45) is 28.0 Å². The molecule has 0 aromatic heterocycles. The van der Waals surface area contributed by atoms with E-state index in [-0.39, 0.29) is 35.4 Å². The molecule has 1 aliphatic carbocycles. The number of aliphatic imine (C=N–C) groups is 1. The molecular formula is C25H43FN4O2. The number of hydrogen-bond donors (Lipinski definition) is 3. The van der Waals surface area contributed by atoms with Gasteiger partial charge in [-0.2, -0.15) is 0 Å². The Morgan fingerprint density at radius 1 is 1.28 bits per heavy atom. The molecule has 0 bridgehead atoms. The monoisotopic (exact) mass is 450 g/mol. The highest BCUT2D eigenvalue weighted by Crippen LogP contribution is 2.36. The summed E-state index contributed by atoms with van der Waals surface area (Å²) in [5, 5.41) is 6.74. The molecule has 182 valence electrons. The number of amides is 2.